The van der Waals surface area contributed by atoms with Gasteiger partial charge < -0.3 is 4.74 Å². The van der Waals surface area contributed by atoms with E-state index in [0.29, 0.717) is 10.6 Å². The van der Waals surface area contributed by atoms with Gasteiger partial charge in [0.1, 0.15) is 10.6 Å². The van der Waals surface area contributed by atoms with Gasteiger partial charge >= 0.3 is 5.97 Å². The summed E-state index contributed by atoms with van der Waals surface area (Å²) in [5.41, 5.74) is 1.56. The first-order valence-corrected chi connectivity index (χ1v) is 6.80. The molecule has 5 nitrogen and oxygen atoms in total. The molecule has 0 amide bonds. The molecular formula is C14H15N3O2S. The lowest BCUT2D eigenvalue weighted by Gasteiger charge is -2.00. The van der Waals surface area contributed by atoms with E-state index in [0.717, 1.165) is 10.4 Å². The fraction of sp³-hybridized carbons (Fsp3) is 0.214. The maximum absolute atomic E-state index is 11.8. The lowest BCUT2D eigenvalue weighted by Crippen LogP contribution is -2.00. The van der Waals surface area contributed by atoms with Gasteiger partial charge in [0.15, 0.2) is 0 Å². The lowest BCUT2D eigenvalue weighted by molar-refractivity contribution is 0.0607. The quantitative estimate of drug-likeness (QED) is 0.489. The molecule has 1 heterocycles. The van der Waals surface area contributed by atoms with Gasteiger partial charge in [-0.3, -0.25) is 5.01 Å². The van der Waals surface area contributed by atoms with Gasteiger partial charge in [-0.05, 0) is 11.6 Å². The highest BCUT2D eigenvalue weighted by molar-refractivity contribution is 7.17. The minimum atomic E-state index is -0.398. The summed E-state index contributed by atoms with van der Waals surface area (Å²) in [7, 11) is 4.90. The minimum Gasteiger partial charge on any atom is -0.465 e. The fourth-order valence-corrected chi connectivity index (χ4v) is 2.59. The number of hydrogen-bond donors (Lipinski definition) is 0. The molecule has 0 radical (unpaired) electrons. The summed E-state index contributed by atoms with van der Waals surface area (Å²) < 4.78 is 4.79. The minimum absolute atomic E-state index is 0.398. The van der Waals surface area contributed by atoms with Crippen LogP contribution in [0.5, 0.6) is 0 Å². The Kier molecular flexibility index (Phi) is 4.47. The van der Waals surface area contributed by atoms with Crippen molar-refractivity contribution in [1.29, 1.82) is 0 Å². The van der Waals surface area contributed by atoms with Gasteiger partial charge in [0.25, 0.3) is 0 Å². The maximum Gasteiger partial charge on any atom is 0.350 e. The van der Waals surface area contributed by atoms with Crippen molar-refractivity contribution in [3.05, 3.63) is 41.3 Å². The van der Waals surface area contributed by atoms with Crippen molar-refractivity contribution in [3.63, 3.8) is 0 Å². The number of methoxy groups -OCH3 is 1. The van der Waals surface area contributed by atoms with E-state index in [4.69, 9.17) is 4.74 Å². The molecule has 6 heteroatoms. The highest BCUT2D eigenvalue weighted by Gasteiger charge is 2.17. The molecule has 0 atom stereocenters. The molecule has 0 unspecified atom stereocenters. The van der Waals surface area contributed by atoms with Gasteiger partial charge in [-0.2, -0.15) is 0 Å². The number of esters is 1. The molecule has 2 aromatic rings. The largest absolute Gasteiger partial charge is 0.465 e. The van der Waals surface area contributed by atoms with E-state index in [9.17, 15) is 4.79 Å². The van der Waals surface area contributed by atoms with Crippen molar-refractivity contribution < 1.29 is 9.53 Å². The Bertz CT molecular complexity index is 621. The second-order valence-corrected chi connectivity index (χ2v) is 5.27. The first-order chi connectivity index (χ1) is 9.61. The Morgan fingerprint density at radius 3 is 2.55 bits per heavy atom. The number of carbonyl (C=O) groups is 1. The molecule has 1 aromatic heterocycles. The smallest absolute Gasteiger partial charge is 0.350 e. The molecule has 2 rings (SSSR count). The third-order valence-electron chi connectivity index (χ3n) is 2.47. The molecule has 0 saturated heterocycles. The monoisotopic (exact) mass is 289 g/mol. The SMILES string of the molecule is COC(=O)c1sc(-c2ccccc2)cc1/N=N/N(C)C. The average molecular weight is 289 g/mol. The molecule has 1 aromatic carbocycles. The Hall–Kier alpha value is -2.21. The number of nitrogens with zero attached hydrogens (tertiary/aromatic N) is 3. The molecule has 0 spiro atoms. The second kappa shape index (κ2) is 6.29. The van der Waals surface area contributed by atoms with Crippen LogP contribution in [0, 0.1) is 0 Å². The van der Waals surface area contributed by atoms with Crippen LogP contribution in [0.1, 0.15) is 9.67 Å². The Labute approximate surface area is 121 Å². The Morgan fingerprint density at radius 1 is 1.25 bits per heavy atom. The molecule has 0 N–H and O–H groups in total. The van der Waals surface area contributed by atoms with Crippen LogP contribution in [0.25, 0.3) is 10.4 Å². The number of hydrogen-bond acceptors (Lipinski definition) is 5. The molecular weight excluding hydrogens is 274 g/mol. The summed E-state index contributed by atoms with van der Waals surface area (Å²) >= 11 is 1.35. The van der Waals surface area contributed by atoms with Gasteiger partial charge in [0.2, 0.25) is 0 Å². The summed E-state index contributed by atoms with van der Waals surface area (Å²) in [5.74, 6) is -0.398. The zero-order valence-corrected chi connectivity index (χ0v) is 12.3. The van der Waals surface area contributed by atoms with Gasteiger partial charge in [-0.15, -0.1) is 16.5 Å². The van der Waals surface area contributed by atoms with E-state index >= 15 is 0 Å². The normalized spacial score (nSPS) is 10.8. The van der Waals surface area contributed by atoms with Crippen LogP contribution in [-0.2, 0) is 4.74 Å². The van der Waals surface area contributed by atoms with E-state index in [1.165, 1.54) is 18.4 Å². The summed E-state index contributed by atoms with van der Waals surface area (Å²) in [6.45, 7) is 0. The average Bonchev–Trinajstić information content (AvgIpc) is 2.89. The zero-order chi connectivity index (χ0) is 14.5. The first kappa shape index (κ1) is 14.2. The van der Waals surface area contributed by atoms with Crippen LogP contribution < -0.4 is 0 Å². The van der Waals surface area contributed by atoms with Crippen molar-refractivity contribution in [3.8, 4) is 10.4 Å². The number of rotatable bonds is 4. The summed E-state index contributed by atoms with van der Waals surface area (Å²) in [4.78, 5) is 13.2. The van der Waals surface area contributed by atoms with Crippen molar-refractivity contribution in [2.24, 2.45) is 10.3 Å². The van der Waals surface area contributed by atoms with Gasteiger partial charge in [-0.1, -0.05) is 35.6 Å². The molecule has 0 aliphatic rings. The fourth-order valence-electron chi connectivity index (χ4n) is 1.58. The van der Waals surface area contributed by atoms with Crippen LogP contribution >= 0.6 is 11.3 Å². The zero-order valence-electron chi connectivity index (χ0n) is 11.5. The molecule has 0 saturated carbocycles. The first-order valence-electron chi connectivity index (χ1n) is 5.98. The van der Waals surface area contributed by atoms with E-state index in [1.54, 1.807) is 19.1 Å². The number of carbonyl (C=O) groups excluding carboxylic acids is 1. The summed E-state index contributed by atoms with van der Waals surface area (Å²) in [6.07, 6.45) is 0. The van der Waals surface area contributed by atoms with Crippen molar-refractivity contribution in [2.45, 2.75) is 0 Å². The van der Waals surface area contributed by atoms with Crippen molar-refractivity contribution in [2.75, 3.05) is 21.2 Å². The van der Waals surface area contributed by atoms with Crippen molar-refractivity contribution in [1.82, 2.24) is 5.01 Å². The number of ether oxygens (including phenoxy) is 1. The molecule has 0 aliphatic carbocycles. The topological polar surface area (TPSA) is 54.3 Å². The molecule has 0 bridgehead atoms. The maximum atomic E-state index is 11.8. The summed E-state index contributed by atoms with van der Waals surface area (Å²) in [5, 5.41) is 9.59. The summed E-state index contributed by atoms with van der Waals surface area (Å²) in [6, 6.07) is 11.7. The van der Waals surface area contributed by atoms with Crippen LogP contribution in [0.4, 0.5) is 5.69 Å². The highest BCUT2D eigenvalue weighted by atomic mass is 32.1. The molecule has 0 fully saturated rings. The van der Waals surface area contributed by atoms with Crippen LogP contribution in [0.3, 0.4) is 0 Å². The molecule has 104 valence electrons. The van der Waals surface area contributed by atoms with Crippen LogP contribution in [-0.4, -0.2) is 32.2 Å². The third-order valence-corrected chi connectivity index (χ3v) is 3.63. The lowest BCUT2D eigenvalue weighted by atomic mass is 10.2. The van der Waals surface area contributed by atoms with Crippen molar-refractivity contribution >= 4 is 23.0 Å². The Balaban J connectivity index is 2.44. The van der Waals surface area contributed by atoms with E-state index in [-0.39, 0.29) is 0 Å². The highest BCUT2D eigenvalue weighted by Crippen LogP contribution is 2.37. The molecule has 0 aliphatic heterocycles. The van der Waals surface area contributed by atoms with Gasteiger partial charge in [0, 0.05) is 19.0 Å². The molecule has 20 heavy (non-hydrogen) atoms. The number of benzene rings is 1. The van der Waals surface area contributed by atoms with Gasteiger partial charge in [-0.25, -0.2) is 4.79 Å². The Morgan fingerprint density at radius 2 is 1.95 bits per heavy atom. The second-order valence-electron chi connectivity index (χ2n) is 4.22. The van der Waals surface area contributed by atoms with E-state index < -0.39 is 5.97 Å². The predicted molar refractivity (Wildman–Crippen MR) is 79.3 cm³/mol. The van der Waals surface area contributed by atoms with E-state index in [2.05, 4.69) is 10.3 Å². The number of thiophene rings is 1. The predicted octanol–water partition coefficient (Wildman–Crippen LogP) is 3.76. The third kappa shape index (κ3) is 3.21. The van der Waals surface area contributed by atoms with Crippen LogP contribution in [0.2, 0.25) is 0 Å². The van der Waals surface area contributed by atoms with E-state index in [1.807, 2.05) is 36.4 Å². The standard InChI is InChI=1S/C14H15N3O2S/c1-17(2)16-15-11-9-12(10-7-5-4-6-8-10)20-13(11)14(18)19-3/h4-9H,1-3H3/b16-15+. The van der Waals surface area contributed by atoms with Gasteiger partial charge in [0.05, 0.1) is 7.11 Å². The van der Waals surface area contributed by atoms with Crippen LogP contribution in [0.15, 0.2) is 46.7 Å².